The summed E-state index contributed by atoms with van der Waals surface area (Å²) in [5.41, 5.74) is 0. The van der Waals surface area contributed by atoms with Crippen molar-refractivity contribution < 1.29 is 27.1 Å². The van der Waals surface area contributed by atoms with Crippen LogP contribution in [0.3, 0.4) is 0 Å². The van der Waals surface area contributed by atoms with Crippen LogP contribution in [0.15, 0.2) is 12.2 Å². The van der Waals surface area contributed by atoms with Crippen LogP contribution < -0.4 is 0 Å². The number of alkyl halides is 3. The van der Waals surface area contributed by atoms with E-state index in [2.05, 4.69) is 4.74 Å². The first kappa shape index (κ1) is 20.2. The van der Waals surface area contributed by atoms with E-state index in [9.17, 15) is 18.0 Å². The molecule has 0 aliphatic heterocycles. The number of hydrogen-bond donors (Lipinski definition) is 0. The fraction of sp³-hybridized carbons (Fsp3) is 0.786. The van der Waals surface area contributed by atoms with Crippen LogP contribution in [0.5, 0.6) is 0 Å². The van der Waals surface area contributed by atoms with Gasteiger partial charge in [-0.05, 0) is 31.5 Å². The second-order valence-corrected chi connectivity index (χ2v) is 11.1. The molecule has 0 radical (unpaired) electrons. The van der Waals surface area contributed by atoms with Crippen LogP contribution in [-0.2, 0) is 14.0 Å². The highest BCUT2D eigenvalue weighted by molar-refractivity contribution is 6.74. The molecule has 1 atom stereocenters. The lowest BCUT2D eigenvalue weighted by Gasteiger charge is -2.39. The highest BCUT2D eigenvalue weighted by Crippen LogP contribution is 2.40. The van der Waals surface area contributed by atoms with Gasteiger partial charge in [0.05, 0.1) is 6.61 Å². The summed E-state index contributed by atoms with van der Waals surface area (Å²) in [5, 5.41) is -0.318. The first-order valence-electron chi connectivity index (χ1n) is 6.89. The topological polar surface area (TPSA) is 35.5 Å². The van der Waals surface area contributed by atoms with Gasteiger partial charge in [-0.3, -0.25) is 0 Å². The summed E-state index contributed by atoms with van der Waals surface area (Å²) < 4.78 is 49.2. The third-order valence-electron chi connectivity index (χ3n) is 3.50. The smallest absolute Gasteiger partial charge is 0.413 e. The maximum Gasteiger partial charge on any atom is 0.413 e. The predicted molar refractivity (Wildman–Crippen MR) is 78.5 cm³/mol. The van der Waals surface area contributed by atoms with Gasteiger partial charge in [-0.2, -0.15) is 13.2 Å². The maximum absolute atomic E-state index is 13.1. The molecule has 0 unspecified atom stereocenters. The molecule has 0 rings (SSSR count). The molecular formula is C14H25F3O3Si. The molecule has 21 heavy (non-hydrogen) atoms. The Kier molecular flexibility index (Phi) is 7.15. The van der Waals surface area contributed by atoms with Crippen molar-refractivity contribution in [2.75, 3.05) is 6.61 Å². The third kappa shape index (κ3) is 7.13. The zero-order valence-corrected chi connectivity index (χ0v) is 14.5. The first-order chi connectivity index (χ1) is 9.31. The molecule has 0 saturated heterocycles. The van der Waals surface area contributed by atoms with Gasteiger partial charge in [0, 0.05) is 6.08 Å². The SMILES string of the molecule is CCOC(=O)/C=C/C[C@@H](O[Si](C)(C)C(C)(C)C)C(F)(F)F. The van der Waals surface area contributed by atoms with Gasteiger partial charge < -0.3 is 9.16 Å². The summed E-state index contributed by atoms with van der Waals surface area (Å²) in [4.78, 5) is 11.1. The molecule has 0 aromatic rings. The van der Waals surface area contributed by atoms with Gasteiger partial charge in [0.1, 0.15) is 6.10 Å². The van der Waals surface area contributed by atoms with E-state index in [4.69, 9.17) is 4.43 Å². The summed E-state index contributed by atoms with van der Waals surface area (Å²) >= 11 is 0. The Bertz CT molecular complexity index is 371. The summed E-state index contributed by atoms with van der Waals surface area (Å²) in [6.07, 6.45) is -4.59. The molecule has 0 spiro atoms. The Morgan fingerprint density at radius 3 is 2.14 bits per heavy atom. The van der Waals surface area contributed by atoms with Crippen molar-refractivity contribution in [3.05, 3.63) is 12.2 Å². The lowest BCUT2D eigenvalue weighted by molar-refractivity contribution is -0.197. The number of carbonyl (C=O) groups excluding carboxylic acids is 1. The first-order valence-corrected chi connectivity index (χ1v) is 9.80. The number of halogens is 3. The van der Waals surface area contributed by atoms with Crippen molar-refractivity contribution in [2.24, 2.45) is 0 Å². The minimum atomic E-state index is -4.46. The summed E-state index contributed by atoms with van der Waals surface area (Å²) in [5.74, 6) is -0.647. The molecule has 3 nitrogen and oxygen atoms in total. The van der Waals surface area contributed by atoms with Gasteiger partial charge in [0.25, 0.3) is 0 Å². The quantitative estimate of drug-likeness (QED) is 0.411. The van der Waals surface area contributed by atoms with Gasteiger partial charge in [-0.15, -0.1) is 0 Å². The highest BCUT2D eigenvalue weighted by atomic mass is 28.4. The molecule has 0 aliphatic carbocycles. The van der Waals surface area contributed by atoms with Gasteiger partial charge in [0.2, 0.25) is 0 Å². The molecule has 0 N–H and O–H groups in total. The molecule has 124 valence electrons. The Balaban J connectivity index is 4.89. The number of hydrogen-bond acceptors (Lipinski definition) is 3. The van der Waals surface area contributed by atoms with Crippen LogP contribution in [0.4, 0.5) is 13.2 Å². The number of rotatable bonds is 6. The maximum atomic E-state index is 13.1. The molecule has 0 aliphatic rings. The second-order valence-electron chi connectivity index (χ2n) is 6.30. The predicted octanol–water partition coefficient (Wildman–Crippen LogP) is 4.45. The Morgan fingerprint density at radius 2 is 1.76 bits per heavy atom. The summed E-state index contributed by atoms with van der Waals surface area (Å²) in [6, 6.07) is 0. The van der Waals surface area contributed by atoms with E-state index in [1.165, 1.54) is 0 Å². The lowest BCUT2D eigenvalue weighted by Crippen LogP contribution is -2.48. The van der Waals surface area contributed by atoms with Crippen molar-refractivity contribution in [2.45, 2.75) is 64.5 Å². The van der Waals surface area contributed by atoms with Crippen LogP contribution in [0.1, 0.15) is 34.1 Å². The molecule has 0 heterocycles. The fourth-order valence-corrected chi connectivity index (χ4v) is 2.55. The highest BCUT2D eigenvalue weighted by Gasteiger charge is 2.47. The second kappa shape index (κ2) is 7.44. The zero-order valence-electron chi connectivity index (χ0n) is 13.5. The van der Waals surface area contributed by atoms with Crippen molar-refractivity contribution in [3.63, 3.8) is 0 Å². The average Bonchev–Trinajstić information content (AvgIpc) is 2.24. The van der Waals surface area contributed by atoms with Crippen molar-refractivity contribution >= 4 is 14.3 Å². The van der Waals surface area contributed by atoms with Crippen LogP contribution in [0, 0.1) is 0 Å². The van der Waals surface area contributed by atoms with E-state index in [0.29, 0.717) is 0 Å². The number of ether oxygens (including phenoxy) is 1. The standard InChI is InChI=1S/C14H25F3O3Si/c1-7-19-12(18)10-8-9-11(14(15,16)17)20-21(5,6)13(2,3)4/h8,10-11H,7,9H2,1-6H3/b10-8+/t11-/m1/s1. The normalized spacial score (nSPS) is 15.3. The van der Waals surface area contributed by atoms with Crippen LogP contribution in [-0.4, -0.2) is 33.2 Å². The van der Waals surface area contributed by atoms with Gasteiger partial charge in [0.15, 0.2) is 8.32 Å². The number of carbonyl (C=O) groups is 1. The van der Waals surface area contributed by atoms with Crippen molar-refractivity contribution in [3.8, 4) is 0 Å². The molecule has 0 saturated carbocycles. The Hall–Kier alpha value is -0.823. The van der Waals surface area contributed by atoms with Gasteiger partial charge in [-0.25, -0.2) is 4.79 Å². The number of esters is 1. The van der Waals surface area contributed by atoms with Crippen molar-refractivity contribution in [1.29, 1.82) is 0 Å². The molecule has 0 fully saturated rings. The zero-order chi connectivity index (χ0) is 16.9. The largest absolute Gasteiger partial charge is 0.463 e. The van der Waals surface area contributed by atoms with Crippen molar-refractivity contribution in [1.82, 2.24) is 0 Å². The molecule has 0 bridgehead atoms. The molecule has 0 aromatic heterocycles. The van der Waals surface area contributed by atoms with E-state index in [1.807, 2.05) is 20.8 Å². The minimum Gasteiger partial charge on any atom is -0.463 e. The Morgan fingerprint density at radius 1 is 1.24 bits per heavy atom. The van der Waals surface area contributed by atoms with Gasteiger partial charge >= 0.3 is 12.1 Å². The third-order valence-corrected chi connectivity index (χ3v) is 7.98. The monoisotopic (exact) mass is 326 g/mol. The average molecular weight is 326 g/mol. The van der Waals surface area contributed by atoms with E-state index >= 15 is 0 Å². The Labute approximate surface area is 125 Å². The van der Waals surface area contributed by atoms with Gasteiger partial charge in [-0.1, -0.05) is 26.8 Å². The van der Waals surface area contributed by atoms with E-state index in [-0.39, 0.29) is 11.6 Å². The molecule has 0 aromatic carbocycles. The molecule has 0 amide bonds. The molecule has 7 heteroatoms. The molecular weight excluding hydrogens is 301 g/mol. The lowest BCUT2D eigenvalue weighted by atomic mass is 10.2. The fourth-order valence-electron chi connectivity index (χ4n) is 1.26. The summed E-state index contributed by atoms with van der Waals surface area (Å²) in [7, 11) is -2.54. The van der Waals surface area contributed by atoms with E-state index < -0.39 is 33.0 Å². The van der Waals surface area contributed by atoms with E-state index in [1.54, 1.807) is 20.0 Å². The van der Waals surface area contributed by atoms with Crippen LogP contribution in [0.25, 0.3) is 0 Å². The van der Waals surface area contributed by atoms with Crippen LogP contribution in [0.2, 0.25) is 18.1 Å². The minimum absolute atomic E-state index is 0.187. The van der Waals surface area contributed by atoms with E-state index in [0.717, 1.165) is 12.2 Å². The summed E-state index contributed by atoms with van der Waals surface area (Å²) in [6.45, 7) is 11.0. The van der Waals surface area contributed by atoms with Crippen LogP contribution >= 0.6 is 0 Å².